The molecular formula is C12H14N2O3S. The van der Waals surface area contributed by atoms with Crippen molar-refractivity contribution in [2.45, 2.75) is 25.7 Å². The summed E-state index contributed by atoms with van der Waals surface area (Å²) in [6.45, 7) is 0. The van der Waals surface area contributed by atoms with Gasteiger partial charge in [0.1, 0.15) is 0 Å². The molecule has 1 rings (SSSR count). The molecule has 1 aromatic rings. The van der Waals surface area contributed by atoms with Gasteiger partial charge in [0.05, 0.1) is 19.2 Å². The number of carbonyl (C=O) groups excluding carboxylic acids is 2. The lowest BCUT2D eigenvalue weighted by Crippen LogP contribution is -2.09. The third-order valence-electron chi connectivity index (χ3n) is 2.10. The Kier molecular flexibility index (Phi) is 5.88. The van der Waals surface area contributed by atoms with Crippen LogP contribution in [-0.2, 0) is 20.7 Å². The zero-order chi connectivity index (χ0) is 13.4. The van der Waals surface area contributed by atoms with Gasteiger partial charge in [-0.05, 0) is 12.8 Å². The van der Waals surface area contributed by atoms with Crippen LogP contribution >= 0.6 is 11.3 Å². The van der Waals surface area contributed by atoms with Gasteiger partial charge in [-0.1, -0.05) is 5.92 Å². The van der Waals surface area contributed by atoms with Crippen LogP contribution in [0.25, 0.3) is 0 Å². The fourth-order valence-electron chi connectivity index (χ4n) is 1.25. The maximum absolute atomic E-state index is 11.2. The Balaban J connectivity index is 2.37. The van der Waals surface area contributed by atoms with E-state index in [1.54, 1.807) is 0 Å². The van der Waals surface area contributed by atoms with Crippen molar-refractivity contribution in [1.29, 1.82) is 0 Å². The molecule has 0 atom stereocenters. The van der Waals surface area contributed by atoms with Gasteiger partial charge in [0.2, 0.25) is 5.91 Å². The van der Waals surface area contributed by atoms with Gasteiger partial charge in [0.25, 0.3) is 0 Å². The van der Waals surface area contributed by atoms with E-state index in [0.717, 1.165) is 5.69 Å². The Hall–Kier alpha value is -1.87. The highest BCUT2D eigenvalue weighted by atomic mass is 32.1. The second-order valence-corrected chi connectivity index (χ2v) is 4.36. The van der Waals surface area contributed by atoms with Crippen molar-refractivity contribution < 1.29 is 14.3 Å². The van der Waals surface area contributed by atoms with Crippen LogP contribution in [0.2, 0.25) is 0 Å². The number of rotatable bonds is 6. The molecule has 0 saturated carbocycles. The van der Waals surface area contributed by atoms with E-state index in [4.69, 9.17) is 6.42 Å². The van der Waals surface area contributed by atoms with Gasteiger partial charge < -0.3 is 10.1 Å². The molecule has 1 aromatic heterocycles. The molecule has 96 valence electrons. The van der Waals surface area contributed by atoms with Crippen LogP contribution in [0.1, 0.15) is 25.0 Å². The molecule has 6 heteroatoms. The van der Waals surface area contributed by atoms with Crippen LogP contribution in [-0.4, -0.2) is 24.0 Å². The Morgan fingerprint density at radius 3 is 3.06 bits per heavy atom. The van der Waals surface area contributed by atoms with Gasteiger partial charge >= 0.3 is 5.97 Å². The zero-order valence-electron chi connectivity index (χ0n) is 10.1. The van der Waals surface area contributed by atoms with Crippen LogP contribution in [0.3, 0.4) is 0 Å². The maximum Gasteiger partial charge on any atom is 0.305 e. The molecule has 18 heavy (non-hydrogen) atoms. The molecule has 0 aromatic carbocycles. The number of anilines is 1. The first-order valence-electron chi connectivity index (χ1n) is 5.40. The Morgan fingerprint density at radius 2 is 2.39 bits per heavy atom. The van der Waals surface area contributed by atoms with E-state index in [-0.39, 0.29) is 18.3 Å². The van der Waals surface area contributed by atoms with Crippen LogP contribution < -0.4 is 5.32 Å². The van der Waals surface area contributed by atoms with Crippen molar-refractivity contribution in [3.8, 4) is 12.3 Å². The number of thiazole rings is 1. The molecule has 0 bridgehead atoms. The van der Waals surface area contributed by atoms with E-state index in [9.17, 15) is 9.59 Å². The highest BCUT2D eigenvalue weighted by Gasteiger charge is 2.06. The number of terminal acetylenes is 1. The second-order valence-electron chi connectivity index (χ2n) is 3.50. The minimum Gasteiger partial charge on any atom is -0.469 e. The minimum absolute atomic E-state index is 0.0389. The zero-order valence-corrected chi connectivity index (χ0v) is 10.9. The number of nitrogens with one attached hydrogen (secondary N) is 1. The van der Waals surface area contributed by atoms with E-state index < -0.39 is 0 Å². The molecule has 0 aliphatic rings. The largest absolute Gasteiger partial charge is 0.469 e. The van der Waals surface area contributed by atoms with Gasteiger partial charge in [-0.15, -0.1) is 17.8 Å². The van der Waals surface area contributed by atoms with E-state index in [1.165, 1.54) is 18.4 Å². The number of hydrogen-bond donors (Lipinski definition) is 1. The normalized spacial score (nSPS) is 9.56. The second kappa shape index (κ2) is 7.45. The summed E-state index contributed by atoms with van der Waals surface area (Å²) in [5, 5.41) is 4.99. The smallest absolute Gasteiger partial charge is 0.305 e. The minimum atomic E-state index is -0.243. The summed E-state index contributed by atoms with van der Waals surface area (Å²) in [5.41, 5.74) is 0.847. The number of nitrogens with zero attached hydrogens (tertiary/aromatic N) is 1. The van der Waals surface area contributed by atoms with Crippen molar-refractivity contribution in [3.63, 3.8) is 0 Å². The average molecular weight is 266 g/mol. The van der Waals surface area contributed by atoms with Crippen molar-refractivity contribution in [3.05, 3.63) is 11.1 Å². The van der Waals surface area contributed by atoms with E-state index >= 15 is 0 Å². The maximum atomic E-state index is 11.2. The lowest BCUT2D eigenvalue weighted by Gasteiger charge is -1.98. The van der Waals surface area contributed by atoms with Gasteiger partial charge in [-0.3, -0.25) is 9.59 Å². The van der Waals surface area contributed by atoms with Crippen LogP contribution in [0.4, 0.5) is 5.13 Å². The molecule has 0 aliphatic heterocycles. The first kappa shape index (κ1) is 14.2. The fourth-order valence-corrected chi connectivity index (χ4v) is 2.01. The molecule has 0 saturated heterocycles. The SMILES string of the molecule is C#CCC(=O)Nc1nc(CCCC(=O)OC)cs1. The Morgan fingerprint density at radius 1 is 1.61 bits per heavy atom. The highest BCUT2D eigenvalue weighted by Crippen LogP contribution is 2.17. The standard InChI is InChI=1S/C12H14N2O3S/c1-3-5-10(15)14-12-13-9(8-18-12)6-4-7-11(16)17-2/h1,8H,4-7H2,2H3,(H,13,14,15). The average Bonchev–Trinajstić information content (AvgIpc) is 2.76. The molecule has 0 fully saturated rings. The molecule has 1 heterocycles. The summed E-state index contributed by atoms with van der Waals surface area (Å²) in [4.78, 5) is 26.3. The third-order valence-corrected chi connectivity index (χ3v) is 2.91. The van der Waals surface area contributed by atoms with Crippen molar-refractivity contribution in [1.82, 2.24) is 4.98 Å². The monoisotopic (exact) mass is 266 g/mol. The van der Waals surface area contributed by atoms with Crippen LogP contribution in [0.15, 0.2) is 5.38 Å². The first-order chi connectivity index (χ1) is 8.65. The number of esters is 1. The third kappa shape index (κ3) is 4.97. The summed E-state index contributed by atoms with van der Waals surface area (Å²) in [6.07, 6.45) is 6.78. The molecule has 0 aliphatic carbocycles. The Labute approximate surface area is 110 Å². The number of methoxy groups -OCH3 is 1. The van der Waals surface area contributed by atoms with E-state index in [1.807, 2.05) is 5.38 Å². The summed E-state index contributed by atoms with van der Waals surface area (Å²) >= 11 is 1.34. The van der Waals surface area contributed by atoms with Gasteiger partial charge in [-0.25, -0.2) is 4.98 Å². The summed E-state index contributed by atoms with van der Waals surface area (Å²) in [7, 11) is 1.37. The number of hydrogen-bond acceptors (Lipinski definition) is 5. The Bertz CT molecular complexity index is 462. The number of carbonyl (C=O) groups is 2. The van der Waals surface area contributed by atoms with Crippen molar-refractivity contribution in [2.75, 3.05) is 12.4 Å². The lowest BCUT2D eigenvalue weighted by atomic mass is 10.2. The predicted octanol–water partition coefficient (Wildman–Crippen LogP) is 1.60. The summed E-state index contributed by atoms with van der Waals surface area (Å²) in [5.74, 6) is 1.79. The van der Waals surface area contributed by atoms with E-state index in [0.29, 0.717) is 24.4 Å². The number of aryl methyl sites for hydroxylation is 1. The highest BCUT2D eigenvalue weighted by molar-refractivity contribution is 7.13. The molecule has 1 N–H and O–H groups in total. The summed E-state index contributed by atoms with van der Waals surface area (Å²) < 4.78 is 4.54. The number of ether oxygens (including phenoxy) is 1. The topological polar surface area (TPSA) is 68.3 Å². The molecule has 5 nitrogen and oxygen atoms in total. The van der Waals surface area contributed by atoms with Crippen LogP contribution in [0, 0.1) is 12.3 Å². The van der Waals surface area contributed by atoms with Gasteiger partial charge in [-0.2, -0.15) is 0 Å². The van der Waals surface area contributed by atoms with E-state index in [2.05, 4.69) is 21.0 Å². The quantitative estimate of drug-likeness (QED) is 0.627. The van der Waals surface area contributed by atoms with Crippen molar-refractivity contribution in [2.24, 2.45) is 0 Å². The van der Waals surface area contributed by atoms with Crippen molar-refractivity contribution >= 4 is 28.3 Å². The lowest BCUT2D eigenvalue weighted by molar-refractivity contribution is -0.140. The molecule has 0 radical (unpaired) electrons. The first-order valence-corrected chi connectivity index (χ1v) is 6.28. The fraction of sp³-hybridized carbons (Fsp3) is 0.417. The molecule has 0 unspecified atom stereocenters. The number of amides is 1. The van der Waals surface area contributed by atoms with Gasteiger partial charge in [0.15, 0.2) is 5.13 Å². The predicted molar refractivity (Wildman–Crippen MR) is 69.1 cm³/mol. The number of aromatic nitrogens is 1. The molecule has 0 spiro atoms. The van der Waals surface area contributed by atoms with Gasteiger partial charge in [0, 0.05) is 11.8 Å². The van der Waals surface area contributed by atoms with Crippen LogP contribution in [0.5, 0.6) is 0 Å². The summed E-state index contributed by atoms with van der Waals surface area (Å²) in [6, 6.07) is 0. The molecule has 1 amide bonds. The molecular weight excluding hydrogens is 252 g/mol.